The number of aliphatic hydroxyl groups excluding tert-OH is 1. The molecule has 2 unspecified atom stereocenters. The molecule has 3 N–H and O–H groups in total. The lowest BCUT2D eigenvalue weighted by atomic mass is 10.0. The monoisotopic (exact) mass is 1450 g/mol. The van der Waals surface area contributed by atoms with Crippen molar-refractivity contribution >= 4 is 39.5 Å². The molecule has 0 aliphatic carbocycles. The lowest BCUT2D eigenvalue weighted by Gasteiger charge is -2.21. The summed E-state index contributed by atoms with van der Waals surface area (Å²) in [6, 6.07) is 0. The molecule has 588 valence electrons. The second-order valence-corrected chi connectivity index (χ2v) is 32.2. The summed E-state index contributed by atoms with van der Waals surface area (Å²) in [6.07, 6.45) is 64.0. The first kappa shape index (κ1) is 97.1. The van der Waals surface area contributed by atoms with Crippen LogP contribution in [0.25, 0.3) is 0 Å². The summed E-state index contributed by atoms with van der Waals surface area (Å²) >= 11 is 0. The Morgan fingerprint density at radius 3 is 0.687 bits per heavy atom. The van der Waals surface area contributed by atoms with Gasteiger partial charge in [0.05, 0.1) is 26.4 Å². The van der Waals surface area contributed by atoms with Crippen LogP contribution in [-0.4, -0.2) is 96.7 Å². The number of phosphoric ester groups is 2. The van der Waals surface area contributed by atoms with Crippen LogP contribution >= 0.6 is 15.6 Å². The molecule has 0 heterocycles. The second kappa shape index (κ2) is 73.0. The quantitative estimate of drug-likeness (QED) is 0.0222. The normalized spacial score (nSPS) is 13.9. The number of esters is 4. The fourth-order valence-electron chi connectivity index (χ4n) is 12.4. The van der Waals surface area contributed by atoms with Gasteiger partial charge in [0.1, 0.15) is 19.3 Å². The molecule has 0 rings (SSSR count). The smallest absolute Gasteiger partial charge is 0.462 e. The zero-order valence-corrected chi connectivity index (χ0v) is 66.4. The predicted octanol–water partition coefficient (Wildman–Crippen LogP) is 24.0. The van der Waals surface area contributed by atoms with E-state index in [1.165, 1.54) is 238 Å². The minimum Gasteiger partial charge on any atom is -0.462 e. The summed E-state index contributed by atoms with van der Waals surface area (Å²) in [5.74, 6) is -1.34. The Kier molecular flexibility index (Phi) is 71.6. The molecule has 0 saturated heterocycles. The van der Waals surface area contributed by atoms with Crippen LogP contribution in [0, 0.1) is 5.92 Å². The van der Waals surface area contributed by atoms with Crippen LogP contribution in [0.1, 0.15) is 426 Å². The molecule has 5 atom stereocenters. The van der Waals surface area contributed by atoms with Crippen molar-refractivity contribution in [1.82, 2.24) is 0 Å². The van der Waals surface area contributed by atoms with Gasteiger partial charge >= 0.3 is 39.5 Å². The first-order valence-corrected chi connectivity index (χ1v) is 44.6. The molecular weight excluding hydrogens is 1290 g/mol. The van der Waals surface area contributed by atoms with Gasteiger partial charge in [-0.25, -0.2) is 9.13 Å². The van der Waals surface area contributed by atoms with Gasteiger partial charge in [-0.3, -0.25) is 37.3 Å². The van der Waals surface area contributed by atoms with Gasteiger partial charge in [-0.1, -0.05) is 375 Å². The largest absolute Gasteiger partial charge is 0.472 e. The minimum atomic E-state index is -4.96. The van der Waals surface area contributed by atoms with E-state index in [1.807, 2.05) is 0 Å². The third-order valence-corrected chi connectivity index (χ3v) is 20.7. The zero-order valence-electron chi connectivity index (χ0n) is 64.6. The van der Waals surface area contributed by atoms with E-state index < -0.39 is 97.5 Å². The first-order chi connectivity index (χ1) is 48.0. The zero-order chi connectivity index (χ0) is 72.7. The number of hydrogen-bond acceptors (Lipinski definition) is 15. The van der Waals surface area contributed by atoms with Gasteiger partial charge in [0, 0.05) is 25.7 Å². The highest BCUT2D eigenvalue weighted by Crippen LogP contribution is 2.45. The van der Waals surface area contributed by atoms with E-state index >= 15 is 0 Å². The fraction of sp³-hybridized carbons (Fsp3) is 0.950. The number of aliphatic hydroxyl groups is 1. The maximum atomic E-state index is 13.1. The molecule has 0 bridgehead atoms. The third-order valence-electron chi connectivity index (χ3n) is 18.8. The molecule has 0 saturated carbocycles. The Morgan fingerprint density at radius 1 is 0.273 bits per heavy atom. The Morgan fingerprint density at radius 2 is 0.465 bits per heavy atom. The molecule has 0 spiro atoms. The van der Waals surface area contributed by atoms with Crippen LogP contribution in [0.4, 0.5) is 0 Å². The van der Waals surface area contributed by atoms with E-state index in [1.54, 1.807) is 0 Å². The summed E-state index contributed by atoms with van der Waals surface area (Å²) in [4.78, 5) is 72.8. The van der Waals surface area contributed by atoms with Crippen molar-refractivity contribution in [2.45, 2.75) is 445 Å². The lowest BCUT2D eigenvalue weighted by Crippen LogP contribution is -2.30. The minimum absolute atomic E-state index is 0.107. The van der Waals surface area contributed by atoms with Crippen molar-refractivity contribution in [3.05, 3.63) is 0 Å². The van der Waals surface area contributed by atoms with Gasteiger partial charge in [-0.15, -0.1) is 0 Å². The van der Waals surface area contributed by atoms with Gasteiger partial charge in [0.15, 0.2) is 12.2 Å². The van der Waals surface area contributed by atoms with Gasteiger partial charge in [0.2, 0.25) is 0 Å². The van der Waals surface area contributed by atoms with Crippen molar-refractivity contribution in [2.24, 2.45) is 5.92 Å². The third kappa shape index (κ3) is 74.1. The fourth-order valence-corrected chi connectivity index (χ4v) is 14.0. The van der Waals surface area contributed by atoms with Crippen molar-refractivity contribution < 1.29 is 80.2 Å². The van der Waals surface area contributed by atoms with Crippen LogP contribution in [0.15, 0.2) is 0 Å². The highest BCUT2D eigenvalue weighted by Gasteiger charge is 2.30. The molecule has 0 aromatic rings. The molecule has 0 aromatic heterocycles. The van der Waals surface area contributed by atoms with Crippen LogP contribution in [0.2, 0.25) is 0 Å². The Labute approximate surface area is 607 Å². The summed E-state index contributed by atoms with van der Waals surface area (Å²) in [7, 11) is -9.91. The summed E-state index contributed by atoms with van der Waals surface area (Å²) in [5.41, 5.74) is 0. The van der Waals surface area contributed by atoms with E-state index in [9.17, 15) is 43.2 Å². The average Bonchev–Trinajstić information content (AvgIpc) is 1.02. The number of hydrogen-bond donors (Lipinski definition) is 3. The number of carbonyl (C=O) groups is 4. The van der Waals surface area contributed by atoms with E-state index in [0.29, 0.717) is 25.7 Å². The van der Waals surface area contributed by atoms with Gasteiger partial charge in [-0.2, -0.15) is 0 Å². The standard InChI is InChI=1S/C80H156O17P2/c1-6-9-12-15-18-20-22-24-26-28-30-32-34-36-41-45-50-55-60-65-80(85)97-76(70-91-78(83)64-59-54-49-44-40-35-33-31-29-27-25-23-21-19-16-13-10-7-2)72-95-99(88,89)93-68-74(81)67-92-98(86,87)94-71-75(69-90-77(82)63-58-53-47-17-14-11-8-3)96-79(84)66-61-56-51-46-42-38-37-39-43-48-52-57-62-73(4)5/h73-76,81H,6-72H2,1-5H3,(H,86,87)(H,88,89)/t74-,75+,76+/m0/s1. The van der Waals surface area contributed by atoms with Crippen molar-refractivity contribution in [3.63, 3.8) is 0 Å². The topological polar surface area (TPSA) is 237 Å². The van der Waals surface area contributed by atoms with Crippen molar-refractivity contribution in [3.8, 4) is 0 Å². The van der Waals surface area contributed by atoms with E-state index in [-0.39, 0.29) is 25.7 Å². The average molecular weight is 1450 g/mol. The highest BCUT2D eigenvalue weighted by molar-refractivity contribution is 7.47. The van der Waals surface area contributed by atoms with E-state index in [2.05, 4.69) is 34.6 Å². The number of carbonyl (C=O) groups excluding carboxylic acids is 4. The first-order valence-electron chi connectivity index (χ1n) is 41.6. The molecular formula is C80H156O17P2. The van der Waals surface area contributed by atoms with Crippen molar-refractivity contribution in [1.29, 1.82) is 0 Å². The summed E-state index contributed by atoms with van der Waals surface area (Å²) in [5, 5.41) is 10.6. The van der Waals surface area contributed by atoms with Gasteiger partial charge in [0.25, 0.3) is 0 Å². The van der Waals surface area contributed by atoms with E-state index in [4.69, 9.17) is 37.0 Å². The Hall–Kier alpha value is -1.94. The highest BCUT2D eigenvalue weighted by atomic mass is 31.2. The molecule has 0 aliphatic heterocycles. The van der Waals surface area contributed by atoms with Crippen LogP contribution in [-0.2, 0) is 65.4 Å². The SMILES string of the molecule is CCCCCCCCCCCCCCCCCCCCCC(=O)O[C@H](COC(=O)CCCCCCCCCCCCCCCCCCCC)COP(=O)(O)OC[C@@H](O)COP(=O)(O)OC[C@@H](COC(=O)CCCCCCCCC)OC(=O)CCCCCCCCCCCCCCC(C)C. The number of phosphoric acid groups is 2. The molecule has 0 aliphatic rings. The maximum Gasteiger partial charge on any atom is 0.472 e. The molecule has 0 aromatic carbocycles. The Bertz CT molecular complexity index is 1890. The lowest BCUT2D eigenvalue weighted by molar-refractivity contribution is -0.161. The van der Waals surface area contributed by atoms with Crippen LogP contribution in [0.5, 0.6) is 0 Å². The van der Waals surface area contributed by atoms with Crippen LogP contribution < -0.4 is 0 Å². The molecule has 0 fully saturated rings. The second-order valence-electron chi connectivity index (χ2n) is 29.3. The Balaban J connectivity index is 5.18. The van der Waals surface area contributed by atoms with E-state index in [0.717, 1.165) is 109 Å². The van der Waals surface area contributed by atoms with Gasteiger partial charge in [-0.05, 0) is 31.6 Å². The predicted molar refractivity (Wildman–Crippen MR) is 405 cm³/mol. The maximum absolute atomic E-state index is 13.1. The van der Waals surface area contributed by atoms with Crippen molar-refractivity contribution in [2.75, 3.05) is 39.6 Å². The van der Waals surface area contributed by atoms with Gasteiger partial charge < -0.3 is 33.8 Å². The number of ether oxygens (including phenoxy) is 4. The summed E-state index contributed by atoms with van der Waals surface area (Å²) in [6.45, 7) is 7.29. The molecule has 17 nitrogen and oxygen atoms in total. The number of unbranched alkanes of at least 4 members (excludes halogenated alkanes) is 52. The molecule has 99 heavy (non-hydrogen) atoms. The number of rotatable bonds is 80. The molecule has 19 heteroatoms. The molecule has 0 amide bonds. The summed E-state index contributed by atoms with van der Waals surface area (Å²) < 4.78 is 68.6. The molecule has 0 radical (unpaired) electrons. The van der Waals surface area contributed by atoms with Crippen LogP contribution in [0.3, 0.4) is 0 Å².